The summed E-state index contributed by atoms with van der Waals surface area (Å²) in [6, 6.07) is 0. The van der Waals surface area contributed by atoms with Gasteiger partial charge in [0.15, 0.2) is 0 Å². The van der Waals surface area contributed by atoms with Gasteiger partial charge in [-0.25, -0.2) is 0 Å². The maximum Gasteiger partial charge on any atom is -0.0202 e. The molecule has 0 bridgehead atoms. The van der Waals surface area contributed by atoms with Crippen LogP contribution in [0.25, 0.3) is 0 Å². The van der Waals surface area contributed by atoms with E-state index in [1.54, 1.807) is 19.3 Å². The quantitative estimate of drug-likeness (QED) is 0.493. The Morgan fingerprint density at radius 3 is 2.62 bits per heavy atom. The second kappa shape index (κ2) is 3.15. The molecular formula is C13H20. The average molecular weight is 176 g/mol. The molecule has 3 aliphatic rings. The Kier molecular flexibility index (Phi) is 1.96. The zero-order valence-corrected chi connectivity index (χ0v) is 8.41. The van der Waals surface area contributed by atoms with Gasteiger partial charge in [0.05, 0.1) is 0 Å². The van der Waals surface area contributed by atoms with Gasteiger partial charge in [0, 0.05) is 0 Å². The van der Waals surface area contributed by atoms with Gasteiger partial charge in [0.1, 0.15) is 0 Å². The molecule has 0 heterocycles. The zero-order chi connectivity index (χ0) is 8.67. The smallest absolute Gasteiger partial charge is 0.0202 e. The van der Waals surface area contributed by atoms with E-state index in [0.29, 0.717) is 0 Å². The number of hydrogen-bond acceptors (Lipinski definition) is 0. The van der Waals surface area contributed by atoms with Gasteiger partial charge in [-0.3, -0.25) is 0 Å². The van der Waals surface area contributed by atoms with E-state index in [1.807, 2.05) is 0 Å². The normalized spacial score (nSPS) is 48.6. The van der Waals surface area contributed by atoms with E-state index in [-0.39, 0.29) is 0 Å². The molecule has 0 aromatic carbocycles. The van der Waals surface area contributed by atoms with E-state index in [0.717, 1.165) is 23.7 Å². The van der Waals surface area contributed by atoms with Crippen molar-refractivity contribution in [3.63, 3.8) is 0 Å². The molecule has 2 fully saturated rings. The van der Waals surface area contributed by atoms with Gasteiger partial charge in [-0.15, -0.1) is 0 Å². The third-order valence-corrected chi connectivity index (χ3v) is 4.69. The standard InChI is InChI=1S/C13H20/c1-2-5-11-9-13-7-3-6-12(13)8-10(11)4-1/h1,4,10-13H,2-3,5-9H2. The van der Waals surface area contributed by atoms with E-state index in [9.17, 15) is 0 Å². The lowest BCUT2D eigenvalue weighted by atomic mass is 9.66. The molecule has 4 atom stereocenters. The number of fused-ring (bicyclic) bond motifs is 2. The lowest BCUT2D eigenvalue weighted by Crippen LogP contribution is -2.29. The van der Waals surface area contributed by atoms with Crippen LogP contribution in [-0.2, 0) is 0 Å². The molecule has 0 radical (unpaired) electrons. The topological polar surface area (TPSA) is 0 Å². The summed E-state index contributed by atoms with van der Waals surface area (Å²) < 4.78 is 0. The van der Waals surface area contributed by atoms with Crippen LogP contribution in [0.4, 0.5) is 0 Å². The van der Waals surface area contributed by atoms with Crippen molar-refractivity contribution in [1.29, 1.82) is 0 Å². The van der Waals surface area contributed by atoms with Gasteiger partial charge in [-0.1, -0.05) is 31.4 Å². The summed E-state index contributed by atoms with van der Waals surface area (Å²) in [6.07, 6.45) is 15.5. The Hall–Kier alpha value is -0.260. The molecule has 0 heteroatoms. The summed E-state index contributed by atoms with van der Waals surface area (Å²) in [7, 11) is 0. The summed E-state index contributed by atoms with van der Waals surface area (Å²) in [5, 5.41) is 0. The summed E-state index contributed by atoms with van der Waals surface area (Å²) >= 11 is 0. The Balaban J connectivity index is 1.77. The van der Waals surface area contributed by atoms with Gasteiger partial charge >= 0.3 is 0 Å². The summed E-state index contributed by atoms with van der Waals surface area (Å²) in [5.74, 6) is 4.30. The first-order valence-corrected chi connectivity index (χ1v) is 6.10. The Morgan fingerprint density at radius 2 is 1.69 bits per heavy atom. The molecule has 0 nitrogen and oxygen atoms in total. The molecular weight excluding hydrogens is 156 g/mol. The Morgan fingerprint density at radius 1 is 0.846 bits per heavy atom. The van der Waals surface area contributed by atoms with Gasteiger partial charge in [0.25, 0.3) is 0 Å². The lowest BCUT2D eigenvalue weighted by molar-refractivity contribution is 0.149. The molecule has 0 N–H and O–H groups in total. The summed E-state index contributed by atoms with van der Waals surface area (Å²) in [6.45, 7) is 0. The van der Waals surface area contributed by atoms with E-state index in [2.05, 4.69) is 12.2 Å². The van der Waals surface area contributed by atoms with Crippen LogP contribution >= 0.6 is 0 Å². The first kappa shape index (κ1) is 8.08. The summed E-state index contributed by atoms with van der Waals surface area (Å²) in [4.78, 5) is 0. The SMILES string of the molecule is C1=CC2CC3CCCC3CC2CC1. The van der Waals surface area contributed by atoms with Crippen LogP contribution in [0.5, 0.6) is 0 Å². The molecule has 4 unspecified atom stereocenters. The fourth-order valence-electron chi connectivity index (χ4n) is 3.99. The third kappa shape index (κ3) is 1.35. The largest absolute Gasteiger partial charge is 0.0882 e. The monoisotopic (exact) mass is 176 g/mol. The molecule has 72 valence electrons. The molecule has 0 aromatic rings. The average Bonchev–Trinajstić information content (AvgIpc) is 2.61. The van der Waals surface area contributed by atoms with Crippen molar-refractivity contribution in [1.82, 2.24) is 0 Å². The maximum atomic E-state index is 2.53. The highest BCUT2D eigenvalue weighted by atomic mass is 14.4. The molecule has 0 aliphatic heterocycles. The molecule has 2 saturated carbocycles. The molecule has 0 spiro atoms. The highest BCUT2D eigenvalue weighted by Gasteiger charge is 2.38. The second-order valence-corrected chi connectivity index (χ2v) is 5.35. The van der Waals surface area contributed by atoms with Crippen LogP contribution in [0.15, 0.2) is 12.2 Å². The van der Waals surface area contributed by atoms with Crippen LogP contribution in [-0.4, -0.2) is 0 Å². The van der Waals surface area contributed by atoms with Crippen molar-refractivity contribution in [2.45, 2.75) is 44.9 Å². The van der Waals surface area contributed by atoms with Crippen molar-refractivity contribution in [3.8, 4) is 0 Å². The first-order valence-electron chi connectivity index (χ1n) is 6.10. The minimum absolute atomic E-state index is 0.980. The van der Waals surface area contributed by atoms with Gasteiger partial charge < -0.3 is 0 Å². The fraction of sp³-hybridized carbons (Fsp3) is 0.846. The Bertz CT molecular complexity index is 216. The molecule has 3 rings (SSSR count). The Labute approximate surface area is 81.4 Å². The van der Waals surface area contributed by atoms with Crippen LogP contribution in [0.1, 0.15) is 44.9 Å². The number of rotatable bonds is 0. The van der Waals surface area contributed by atoms with Crippen LogP contribution in [0.2, 0.25) is 0 Å². The molecule has 0 aromatic heterocycles. The van der Waals surface area contributed by atoms with Gasteiger partial charge in [0.2, 0.25) is 0 Å². The summed E-state index contributed by atoms with van der Waals surface area (Å²) in [5.41, 5.74) is 0. The first-order chi connectivity index (χ1) is 6.43. The maximum absolute atomic E-state index is 2.53. The molecule has 3 aliphatic carbocycles. The zero-order valence-electron chi connectivity index (χ0n) is 8.41. The highest BCUT2D eigenvalue weighted by molar-refractivity contribution is 5.02. The fourth-order valence-corrected chi connectivity index (χ4v) is 3.99. The van der Waals surface area contributed by atoms with Crippen molar-refractivity contribution < 1.29 is 0 Å². The van der Waals surface area contributed by atoms with E-state index in [4.69, 9.17) is 0 Å². The highest BCUT2D eigenvalue weighted by Crippen LogP contribution is 2.49. The van der Waals surface area contributed by atoms with E-state index >= 15 is 0 Å². The van der Waals surface area contributed by atoms with Gasteiger partial charge in [-0.05, 0) is 49.4 Å². The molecule has 13 heavy (non-hydrogen) atoms. The lowest BCUT2D eigenvalue weighted by Gasteiger charge is -2.39. The van der Waals surface area contributed by atoms with E-state index in [1.165, 1.54) is 25.7 Å². The third-order valence-electron chi connectivity index (χ3n) is 4.69. The van der Waals surface area contributed by atoms with Crippen LogP contribution < -0.4 is 0 Å². The molecule has 0 saturated heterocycles. The number of allylic oxidation sites excluding steroid dienone is 2. The van der Waals surface area contributed by atoms with Crippen molar-refractivity contribution in [2.75, 3.05) is 0 Å². The molecule has 0 amide bonds. The van der Waals surface area contributed by atoms with E-state index < -0.39 is 0 Å². The minimum Gasteiger partial charge on any atom is -0.0882 e. The number of hydrogen-bond donors (Lipinski definition) is 0. The predicted octanol–water partition coefficient (Wildman–Crippen LogP) is 3.78. The van der Waals surface area contributed by atoms with Crippen LogP contribution in [0.3, 0.4) is 0 Å². The van der Waals surface area contributed by atoms with Crippen molar-refractivity contribution >= 4 is 0 Å². The van der Waals surface area contributed by atoms with Crippen molar-refractivity contribution in [2.24, 2.45) is 23.7 Å². The van der Waals surface area contributed by atoms with Crippen molar-refractivity contribution in [3.05, 3.63) is 12.2 Å². The second-order valence-electron chi connectivity index (χ2n) is 5.35. The van der Waals surface area contributed by atoms with Crippen LogP contribution in [0, 0.1) is 23.7 Å². The minimum atomic E-state index is 0.980. The van der Waals surface area contributed by atoms with Gasteiger partial charge in [-0.2, -0.15) is 0 Å². The predicted molar refractivity (Wildman–Crippen MR) is 55.4 cm³/mol.